The highest BCUT2D eigenvalue weighted by Gasteiger charge is 2.50. The van der Waals surface area contributed by atoms with Crippen LogP contribution in [0, 0.1) is 16.7 Å². The summed E-state index contributed by atoms with van der Waals surface area (Å²) in [4.78, 5) is 0. The van der Waals surface area contributed by atoms with Crippen molar-refractivity contribution in [2.75, 3.05) is 0 Å². The Hall–Kier alpha value is -1.56. The maximum atomic E-state index is 2.44. The van der Waals surface area contributed by atoms with E-state index in [4.69, 9.17) is 0 Å². The molecule has 121 valence electrons. The van der Waals surface area contributed by atoms with Crippen molar-refractivity contribution in [2.24, 2.45) is 10.8 Å². The molecular weight excluding hydrogens is 276 g/mol. The van der Waals surface area contributed by atoms with Gasteiger partial charge in [-0.15, -0.1) is 0 Å². The predicted octanol–water partition coefficient (Wildman–Crippen LogP) is 6.26. The van der Waals surface area contributed by atoms with Crippen molar-refractivity contribution in [3.8, 4) is 0 Å². The van der Waals surface area contributed by atoms with Crippen LogP contribution in [0.3, 0.4) is 0 Å². The SMILES string of the molecule is CC(C)(C)C1(Cc2ccccc2)CCC[C]1Cc1ccccc1. The Morgan fingerprint density at radius 1 is 0.826 bits per heavy atom. The van der Waals surface area contributed by atoms with Gasteiger partial charge in [-0.2, -0.15) is 0 Å². The van der Waals surface area contributed by atoms with Crippen LogP contribution in [0.5, 0.6) is 0 Å². The van der Waals surface area contributed by atoms with Crippen molar-refractivity contribution in [1.82, 2.24) is 0 Å². The van der Waals surface area contributed by atoms with E-state index in [1.807, 2.05) is 0 Å². The molecule has 0 saturated heterocycles. The molecule has 0 heterocycles. The molecule has 1 aliphatic rings. The van der Waals surface area contributed by atoms with Crippen molar-refractivity contribution in [2.45, 2.75) is 52.9 Å². The summed E-state index contributed by atoms with van der Waals surface area (Å²) in [5.41, 5.74) is 3.56. The van der Waals surface area contributed by atoms with Gasteiger partial charge >= 0.3 is 0 Å². The molecule has 23 heavy (non-hydrogen) atoms. The van der Waals surface area contributed by atoms with E-state index in [0.717, 1.165) is 6.42 Å². The maximum absolute atomic E-state index is 2.44. The van der Waals surface area contributed by atoms with E-state index in [2.05, 4.69) is 81.4 Å². The molecule has 0 aromatic heterocycles. The minimum absolute atomic E-state index is 0.295. The average Bonchev–Trinajstić information content (AvgIpc) is 2.93. The van der Waals surface area contributed by atoms with E-state index in [0.29, 0.717) is 10.8 Å². The highest BCUT2D eigenvalue weighted by atomic mass is 14.5. The predicted molar refractivity (Wildman–Crippen MR) is 99.3 cm³/mol. The van der Waals surface area contributed by atoms with Gasteiger partial charge in [0, 0.05) is 0 Å². The van der Waals surface area contributed by atoms with E-state index in [1.54, 1.807) is 5.92 Å². The van der Waals surface area contributed by atoms with Crippen LogP contribution in [-0.2, 0) is 12.8 Å². The molecule has 1 radical (unpaired) electrons. The van der Waals surface area contributed by atoms with Crippen LogP contribution in [0.4, 0.5) is 0 Å². The summed E-state index contributed by atoms with van der Waals surface area (Å²) < 4.78 is 0. The lowest BCUT2D eigenvalue weighted by molar-refractivity contribution is 0.110. The summed E-state index contributed by atoms with van der Waals surface area (Å²) in [6.07, 6.45) is 6.28. The third-order valence-electron chi connectivity index (χ3n) is 5.80. The van der Waals surface area contributed by atoms with Crippen molar-refractivity contribution in [3.63, 3.8) is 0 Å². The smallest absolute Gasteiger partial charge is 0.0127 e. The molecule has 0 bridgehead atoms. The van der Waals surface area contributed by atoms with Crippen LogP contribution >= 0.6 is 0 Å². The van der Waals surface area contributed by atoms with E-state index in [9.17, 15) is 0 Å². The number of hydrogen-bond donors (Lipinski definition) is 0. The fraction of sp³-hybridized carbons (Fsp3) is 0.435. The molecule has 2 aromatic rings. The van der Waals surface area contributed by atoms with Gasteiger partial charge in [0.05, 0.1) is 0 Å². The zero-order chi connectivity index (χ0) is 16.3. The zero-order valence-electron chi connectivity index (χ0n) is 14.8. The van der Waals surface area contributed by atoms with Gasteiger partial charge in [-0.3, -0.25) is 0 Å². The summed E-state index contributed by atoms with van der Waals surface area (Å²) in [6, 6.07) is 22.1. The number of benzene rings is 2. The number of rotatable bonds is 4. The van der Waals surface area contributed by atoms with Crippen LogP contribution in [0.1, 0.15) is 51.2 Å². The second-order valence-corrected chi connectivity index (χ2v) is 8.11. The van der Waals surface area contributed by atoms with Gasteiger partial charge in [0.2, 0.25) is 0 Å². The summed E-state index contributed by atoms with van der Waals surface area (Å²) >= 11 is 0. The van der Waals surface area contributed by atoms with E-state index in [-0.39, 0.29) is 0 Å². The monoisotopic (exact) mass is 305 g/mol. The van der Waals surface area contributed by atoms with Crippen LogP contribution in [-0.4, -0.2) is 0 Å². The average molecular weight is 305 g/mol. The van der Waals surface area contributed by atoms with E-state index >= 15 is 0 Å². The fourth-order valence-corrected chi connectivity index (χ4v) is 4.45. The van der Waals surface area contributed by atoms with Crippen LogP contribution < -0.4 is 0 Å². The lowest BCUT2D eigenvalue weighted by Gasteiger charge is -2.47. The lowest BCUT2D eigenvalue weighted by Crippen LogP contribution is -2.40. The second-order valence-electron chi connectivity index (χ2n) is 8.11. The van der Waals surface area contributed by atoms with Crippen LogP contribution in [0.2, 0.25) is 0 Å². The minimum Gasteiger partial charge on any atom is -0.0622 e. The highest BCUT2D eigenvalue weighted by molar-refractivity contribution is 5.29. The molecule has 0 aliphatic heterocycles. The normalized spacial score (nSPS) is 22.4. The van der Waals surface area contributed by atoms with Gasteiger partial charge in [-0.1, -0.05) is 87.9 Å². The molecule has 0 spiro atoms. The quantitative estimate of drug-likeness (QED) is 0.625. The van der Waals surface area contributed by atoms with Gasteiger partial charge in [-0.05, 0) is 53.6 Å². The first-order valence-corrected chi connectivity index (χ1v) is 8.94. The summed E-state index contributed by atoms with van der Waals surface area (Å²) in [6.45, 7) is 7.31. The molecular formula is C23H29. The minimum atomic E-state index is 0.295. The van der Waals surface area contributed by atoms with Crippen molar-refractivity contribution in [3.05, 3.63) is 77.7 Å². The topological polar surface area (TPSA) is 0 Å². The summed E-state index contributed by atoms with van der Waals surface area (Å²) in [5.74, 6) is 1.76. The molecule has 1 atom stereocenters. The molecule has 0 amide bonds. The molecule has 2 aromatic carbocycles. The van der Waals surface area contributed by atoms with Crippen molar-refractivity contribution < 1.29 is 0 Å². The molecule has 0 nitrogen and oxygen atoms in total. The number of hydrogen-bond acceptors (Lipinski definition) is 0. The van der Waals surface area contributed by atoms with Gasteiger partial charge in [-0.25, -0.2) is 0 Å². The van der Waals surface area contributed by atoms with Gasteiger partial charge in [0.15, 0.2) is 0 Å². The highest BCUT2D eigenvalue weighted by Crippen LogP contribution is 2.58. The Bertz CT molecular complexity index is 605. The van der Waals surface area contributed by atoms with Gasteiger partial charge in [0.25, 0.3) is 0 Å². The van der Waals surface area contributed by atoms with Crippen molar-refractivity contribution in [1.29, 1.82) is 0 Å². The first kappa shape index (κ1) is 16.3. The van der Waals surface area contributed by atoms with Crippen molar-refractivity contribution >= 4 is 0 Å². The largest absolute Gasteiger partial charge is 0.0622 e. The third kappa shape index (κ3) is 3.37. The Labute approximate surface area is 141 Å². The standard InChI is InChI=1S/C23H29/c1-22(2,3)23(18-20-13-8-5-9-14-20)16-10-15-21(23)17-19-11-6-4-7-12-19/h4-9,11-14H,10,15-18H2,1-3H3. The first-order chi connectivity index (χ1) is 11.0. The van der Waals surface area contributed by atoms with Crippen LogP contribution in [0.25, 0.3) is 0 Å². The maximum Gasteiger partial charge on any atom is -0.0127 e. The Morgan fingerprint density at radius 3 is 1.96 bits per heavy atom. The molecule has 0 N–H and O–H groups in total. The molecule has 1 aliphatic carbocycles. The third-order valence-corrected chi connectivity index (χ3v) is 5.80. The second kappa shape index (κ2) is 6.51. The van der Waals surface area contributed by atoms with Crippen LogP contribution in [0.15, 0.2) is 60.7 Å². The Balaban J connectivity index is 1.91. The van der Waals surface area contributed by atoms with Gasteiger partial charge < -0.3 is 0 Å². The van der Waals surface area contributed by atoms with Gasteiger partial charge in [0.1, 0.15) is 0 Å². The molecule has 1 saturated carbocycles. The lowest BCUT2D eigenvalue weighted by atomic mass is 9.57. The Morgan fingerprint density at radius 2 is 1.39 bits per heavy atom. The molecule has 3 rings (SSSR count). The Kier molecular flexibility index (Phi) is 4.62. The summed E-state index contributed by atoms with van der Waals surface area (Å²) in [7, 11) is 0. The molecule has 1 fully saturated rings. The van der Waals surface area contributed by atoms with E-state index < -0.39 is 0 Å². The fourth-order valence-electron chi connectivity index (χ4n) is 4.45. The summed E-state index contributed by atoms with van der Waals surface area (Å²) in [5, 5.41) is 0. The molecule has 0 heteroatoms. The molecule has 1 unspecified atom stereocenters. The zero-order valence-corrected chi connectivity index (χ0v) is 14.8. The van der Waals surface area contributed by atoms with E-state index in [1.165, 1.54) is 36.8 Å². The first-order valence-electron chi connectivity index (χ1n) is 8.94.